The van der Waals surface area contributed by atoms with Crippen molar-refractivity contribution in [3.8, 4) is 0 Å². The van der Waals surface area contributed by atoms with Gasteiger partial charge in [-0.25, -0.2) is 5.01 Å². The van der Waals surface area contributed by atoms with Gasteiger partial charge in [-0.05, 0) is 168 Å². The Kier molecular flexibility index (Phi) is 43.3. The van der Waals surface area contributed by atoms with E-state index in [0.29, 0.717) is 51.3 Å². The first kappa shape index (κ1) is 82.1. The molecule has 530 valence electrons. The highest BCUT2D eigenvalue weighted by atomic mass is 35.5. The smallest absolute Gasteiger partial charge is 0.306 e. The number of esters is 3. The molecule has 2 saturated heterocycles. The molecule has 8 aromatic rings. The van der Waals surface area contributed by atoms with Gasteiger partial charge in [-0.3, -0.25) is 55.1 Å². The van der Waals surface area contributed by atoms with Crippen molar-refractivity contribution in [3.05, 3.63) is 243 Å². The number of nitrogens with zero attached hydrogens (tertiary/aromatic N) is 3. The highest BCUT2D eigenvalue weighted by Gasteiger charge is 2.18. The lowest BCUT2D eigenvalue weighted by Crippen LogP contribution is -2.36. The lowest BCUT2D eigenvalue weighted by Gasteiger charge is -2.26. The largest absolute Gasteiger partial charge is 0.466 e. The Morgan fingerprint density at radius 2 is 0.770 bits per heavy atom. The van der Waals surface area contributed by atoms with E-state index in [4.69, 9.17) is 44.1 Å². The molecule has 0 aliphatic carbocycles. The van der Waals surface area contributed by atoms with Crippen LogP contribution in [0.2, 0.25) is 0 Å². The summed E-state index contributed by atoms with van der Waals surface area (Å²) in [6, 6.07) is 78.7. The number of primary amides is 1. The SMILES string of the molecule is C1CCOC1.CCOC(=O)CCC(=O)Cl.CCOC(=O)CCC(=O)N(Nc1ccccc1)c1ccccc1.CCOC(=O)CCCN(Nc1ccccc1)c1ccccc1.NC(=O)CCCN(Nc1ccccc1)c1ccccc1.[B]C1CCCO1.c1ccc(NNc2ccccc2)cc1. The monoisotopic (exact) mass is 1380 g/mol. The van der Waals surface area contributed by atoms with Gasteiger partial charge in [0.2, 0.25) is 17.1 Å². The number of carbonyl (C=O) groups is 6. The molecule has 0 bridgehead atoms. The van der Waals surface area contributed by atoms with E-state index in [0.717, 1.165) is 85.4 Å². The van der Waals surface area contributed by atoms with E-state index in [2.05, 4.69) is 36.9 Å². The Morgan fingerprint density at radius 1 is 0.430 bits per heavy atom. The second-order valence-corrected chi connectivity index (χ2v) is 22.2. The number of para-hydroxylation sites is 8. The zero-order valence-corrected chi connectivity index (χ0v) is 58.4. The first-order valence-electron chi connectivity index (χ1n) is 33.7. The van der Waals surface area contributed by atoms with E-state index in [-0.39, 0.29) is 61.4 Å². The fourth-order valence-electron chi connectivity index (χ4n) is 8.86. The molecule has 20 nitrogen and oxygen atoms in total. The summed E-state index contributed by atoms with van der Waals surface area (Å²) < 4.78 is 24.3. The lowest BCUT2D eigenvalue weighted by molar-refractivity contribution is -0.144. The fraction of sp³-hybridized carbons (Fsp3) is 0.308. The molecule has 10 rings (SSSR count). The zero-order chi connectivity index (χ0) is 71.9. The Bertz CT molecular complexity index is 3370. The van der Waals surface area contributed by atoms with Crippen molar-refractivity contribution in [2.45, 2.75) is 104 Å². The number of ether oxygens (including phenoxy) is 5. The van der Waals surface area contributed by atoms with Gasteiger partial charge in [0.15, 0.2) is 0 Å². The summed E-state index contributed by atoms with van der Waals surface area (Å²) in [6.07, 6.45) is 7.27. The van der Waals surface area contributed by atoms with Crippen molar-refractivity contribution in [3.63, 3.8) is 0 Å². The van der Waals surface area contributed by atoms with Crippen LogP contribution in [-0.2, 0) is 52.5 Å². The minimum atomic E-state index is -0.506. The van der Waals surface area contributed by atoms with Gasteiger partial charge in [0.05, 0.1) is 78.2 Å². The molecule has 1 unspecified atom stereocenters. The molecular formula is C78H97BClN9O11. The molecule has 2 fully saturated rings. The fourth-order valence-corrected chi connectivity index (χ4v) is 8.95. The average molecular weight is 1380 g/mol. The van der Waals surface area contributed by atoms with Gasteiger partial charge >= 0.3 is 17.9 Å². The number of hydrogen-bond donors (Lipinski definition) is 6. The Balaban J connectivity index is 0.000000260. The zero-order valence-electron chi connectivity index (χ0n) is 57.7. The molecule has 2 radical (unpaired) electrons. The number of anilines is 8. The van der Waals surface area contributed by atoms with Crippen LogP contribution in [0.1, 0.15) is 97.8 Å². The third-order valence-corrected chi connectivity index (χ3v) is 13.9. The van der Waals surface area contributed by atoms with E-state index in [9.17, 15) is 28.8 Å². The first-order chi connectivity index (χ1) is 48.8. The molecule has 0 aromatic heterocycles. The van der Waals surface area contributed by atoms with Crippen LogP contribution >= 0.6 is 11.6 Å². The van der Waals surface area contributed by atoms with Crippen LogP contribution in [0.15, 0.2) is 243 Å². The van der Waals surface area contributed by atoms with E-state index < -0.39 is 5.24 Å². The summed E-state index contributed by atoms with van der Waals surface area (Å²) in [4.78, 5) is 66.9. The van der Waals surface area contributed by atoms with Crippen LogP contribution in [0.4, 0.5) is 45.5 Å². The van der Waals surface area contributed by atoms with E-state index in [1.54, 1.807) is 13.8 Å². The Hall–Kier alpha value is -10.3. The normalized spacial score (nSPS) is 12.0. The maximum Gasteiger partial charge on any atom is 0.306 e. The summed E-state index contributed by atoms with van der Waals surface area (Å²) in [6.45, 7) is 10.7. The summed E-state index contributed by atoms with van der Waals surface area (Å²) >= 11 is 4.98. The maximum absolute atomic E-state index is 12.5. The van der Waals surface area contributed by atoms with Gasteiger partial charge in [-0.1, -0.05) is 146 Å². The molecule has 7 N–H and O–H groups in total. The third kappa shape index (κ3) is 39.2. The number of hydrazine groups is 4. The Morgan fingerprint density at radius 3 is 1.09 bits per heavy atom. The van der Waals surface area contributed by atoms with E-state index in [1.165, 1.54) is 17.9 Å². The summed E-state index contributed by atoms with van der Waals surface area (Å²) in [5, 5.41) is 5.02. The predicted octanol–water partition coefficient (Wildman–Crippen LogP) is 15.3. The molecular weight excluding hydrogens is 1290 g/mol. The molecule has 100 heavy (non-hydrogen) atoms. The van der Waals surface area contributed by atoms with Crippen molar-refractivity contribution in [1.29, 1.82) is 0 Å². The highest BCUT2D eigenvalue weighted by molar-refractivity contribution is 6.63. The number of carbonyl (C=O) groups excluding carboxylic acids is 6. The molecule has 2 aliphatic heterocycles. The topological polar surface area (TPSA) is 244 Å². The number of nitrogens with two attached hydrogens (primary N) is 1. The second kappa shape index (κ2) is 52.7. The summed E-state index contributed by atoms with van der Waals surface area (Å²) in [7, 11) is 5.31. The van der Waals surface area contributed by atoms with Crippen LogP contribution in [0.3, 0.4) is 0 Å². The summed E-state index contributed by atoms with van der Waals surface area (Å²) in [5.74, 6) is -1.36. The molecule has 2 amide bonds. The van der Waals surface area contributed by atoms with E-state index >= 15 is 0 Å². The average Bonchev–Trinajstić information content (AvgIpc) is 1.15. The number of rotatable bonds is 29. The molecule has 2 heterocycles. The van der Waals surface area contributed by atoms with Gasteiger partial charge in [-0.15, -0.1) is 0 Å². The molecule has 22 heteroatoms. The molecule has 0 spiro atoms. The van der Waals surface area contributed by atoms with Gasteiger partial charge in [-0.2, -0.15) is 0 Å². The second-order valence-electron chi connectivity index (χ2n) is 21.8. The molecule has 0 saturated carbocycles. The number of halogens is 1. The molecule has 2 aliphatic rings. The number of benzene rings is 8. The first-order valence-corrected chi connectivity index (χ1v) is 34.1. The maximum atomic E-state index is 12.5. The molecule has 1 atom stereocenters. The predicted molar refractivity (Wildman–Crippen MR) is 403 cm³/mol. The van der Waals surface area contributed by atoms with Gasteiger partial charge < -0.3 is 40.3 Å². The van der Waals surface area contributed by atoms with Crippen LogP contribution in [0.25, 0.3) is 0 Å². The van der Waals surface area contributed by atoms with Crippen molar-refractivity contribution in [2.24, 2.45) is 5.73 Å². The minimum Gasteiger partial charge on any atom is -0.466 e. The van der Waals surface area contributed by atoms with Crippen molar-refractivity contribution in [2.75, 3.05) is 94.9 Å². The van der Waals surface area contributed by atoms with Crippen molar-refractivity contribution in [1.82, 2.24) is 0 Å². The van der Waals surface area contributed by atoms with Gasteiger partial charge in [0, 0.05) is 64.6 Å². The highest BCUT2D eigenvalue weighted by Crippen LogP contribution is 2.21. The Labute approximate surface area is 596 Å². The minimum absolute atomic E-state index is 0.0463. The number of amides is 2. The van der Waals surface area contributed by atoms with Crippen molar-refractivity contribution >= 4 is 99.9 Å². The third-order valence-electron chi connectivity index (χ3n) is 13.7. The molecule has 8 aromatic carbocycles. The standard InChI is InChI=1S/C18H20N2O3.C18H22N2O2.C16H19N3O.C12H12N2.C6H9ClO3.C4H7BO.C4H8O/c1-2-23-18(22)14-13-17(21)20(16-11-7-4-8-12-16)19-15-9-5-3-6-10-15;1-2-22-18(21)14-9-15-20(17-12-7-4-8-13-17)19-16-10-5-3-6-11-16;17-16(20)12-7-13-19(15-10-5-2-6-11-15)18-14-8-3-1-4-9-14;1-3-7-11(8-4-1)13-14-12-9-5-2-6-10-12;1-2-10-6(9)4-3-5(7)8;5-4-2-1-3-6-4;1-2-4-5-3-1/h3-12,19H,2,13-14H2,1H3;3-8,10-13,19H,2,9,14-15H2,1H3;1-6,8-11,18H,7,12-13H2,(H2,17,20);1-10,13-14H;2-4H2,1H3;4H,1-3H2;1-4H2. The van der Waals surface area contributed by atoms with Gasteiger partial charge in [0.1, 0.15) is 7.85 Å². The lowest BCUT2D eigenvalue weighted by atomic mass is 9.98. The van der Waals surface area contributed by atoms with Crippen LogP contribution in [0, 0.1) is 0 Å². The van der Waals surface area contributed by atoms with Crippen LogP contribution < -0.4 is 47.9 Å². The number of nitrogens with one attached hydrogen (secondary N) is 5. The van der Waals surface area contributed by atoms with Crippen LogP contribution in [-0.4, -0.2) is 102 Å². The summed E-state index contributed by atoms with van der Waals surface area (Å²) in [5.41, 5.74) is 29.0. The van der Waals surface area contributed by atoms with Crippen molar-refractivity contribution < 1.29 is 52.5 Å². The number of hydrogen-bond acceptors (Lipinski definition) is 18. The quantitative estimate of drug-likeness (QED) is 0.00839. The van der Waals surface area contributed by atoms with Gasteiger partial charge in [0.25, 0.3) is 0 Å². The van der Waals surface area contributed by atoms with Crippen LogP contribution in [0.5, 0.6) is 0 Å². The van der Waals surface area contributed by atoms with E-state index in [1.807, 2.05) is 255 Å².